The molecule has 0 saturated heterocycles. The lowest BCUT2D eigenvalue weighted by Gasteiger charge is -2.28. The Kier molecular flexibility index (Phi) is 10.2. The van der Waals surface area contributed by atoms with Crippen molar-refractivity contribution >= 4 is 5.90 Å². The van der Waals surface area contributed by atoms with Gasteiger partial charge in [-0.15, -0.1) is 0 Å². The third kappa shape index (κ3) is 6.38. The van der Waals surface area contributed by atoms with Crippen LogP contribution in [0, 0.1) is 28.6 Å². The number of hydrogen-bond donors (Lipinski definition) is 5. The molecular formula is C23H30N4O3. The standard InChI is InChI=1S/C20H22N4O3.C3H8/c1-12(22)17-18(16(10-21)19(23)27-20(17)24)15-8-13(5-3-2-4-6-25)7-14(9-15)11-26;1-3-2/h7-9,18,24-26H,2,4,6,11,22-23H2,1H3;3H2,1-2H3/b17-12-,24-20?;. The highest BCUT2D eigenvalue weighted by molar-refractivity contribution is 5.96. The van der Waals surface area contributed by atoms with Gasteiger partial charge in [-0.3, -0.25) is 5.41 Å². The lowest BCUT2D eigenvalue weighted by Crippen LogP contribution is -2.28. The van der Waals surface area contributed by atoms with Crippen LogP contribution < -0.4 is 11.5 Å². The number of aliphatic hydroxyl groups is 2. The number of aliphatic hydroxyl groups excluding tert-OH is 2. The van der Waals surface area contributed by atoms with Crippen LogP contribution >= 0.6 is 0 Å². The quantitative estimate of drug-likeness (QED) is 0.380. The fourth-order valence-corrected chi connectivity index (χ4v) is 2.88. The first-order valence-electron chi connectivity index (χ1n) is 9.81. The molecule has 1 unspecified atom stereocenters. The maximum Gasteiger partial charge on any atom is 0.219 e. The SMILES string of the molecule is C/C(N)=C1/C(=N)OC(N)=C(C#N)C1c1cc(C#CCCCO)cc(CO)c1.CCC. The number of allylic oxidation sites excluding steroid dienone is 2. The molecule has 160 valence electrons. The first-order valence-corrected chi connectivity index (χ1v) is 9.81. The molecule has 0 bridgehead atoms. The zero-order chi connectivity index (χ0) is 22.7. The predicted molar refractivity (Wildman–Crippen MR) is 117 cm³/mol. The second-order valence-corrected chi connectivity index (χ2v) is 6.81. The van der Waals surface area contributed by atoms with E-state index in [-0.39, 0.29) is 30.6 Å². The monoisotopic (exact) mass is 410 g/mol. The summed E-state index contributed by atoms with van der Waals surface area (Å²) in [6.07, 6.45) is 2.37. The number of nitrogens with zero attached hydrogens (tertiary/aromatic N) is 1. The molecule has 0 fully saturated rings. The normalized spacial score (nSPS) is 17.1. The Bertz CT molecular complexity index is 926. The Balaban J connectivity index is 0.00000141. The highest BCUT2D eigenvalue weighted by atomic mass is 16.5. The summed E-state index contributed by atoms with van der Waals surface area (Å²) in [5.74, 6) is 4.94. The van der Waals surface area contributed by atoms with Crippen LogP contribution in [-0.4, -0.2) is 22.7 Å². The third-order valence-electron chi connectivity index (χ3n) is 4.07. The van der Waals surface area contributed by atoms with Gasteiger partial charge >= 0.3 is 0 Å². The Morgan fingerprint density at radius 1 is 1.27 bits per heavy atom. The van der Waals surface area contributed by atoms with Crippen LogP contribution in [0.4, 0.5) is 0 Å². The zero-order valence-corrected chi connectivity index (χ0v) is 17.7. The van der Waals surface area contributed by atoms with E-state index >= 15 is 0 Å². The Labute approximate surface area is 178 Å². The van der Waals surface area contributed by atoms with Gasteiger partial charge < -0.3 is 26.4 Å². The number of nitrogens with one attached hydrogen (secondary N) is 1. The smallest absolute Gasteiger partial charge is 0.219 e. The van der Waals surface area contributed by atoms with E-state index < -0.39 is 5.92 Å². The summed E-state index contributed by atoms with van der Waals surface area (Å²) in [5, 5.41) is 36.1. The molecule has 1 aromatic rings. The molecule has 0 aliphatic carbocycles. The lowest BCUT2D eigenvalue weighted by molar-refractivity contribution is 0.281. The average Bonchev–Trinajstić information content (AvgIpc) is 2.70. The van der Waals surface area contributed by atoms with E-state index in [0.29, 0.717) is 40.8 Å². The largest absolute Gasteiger partial charge is 0.422 e. The Morgan fingerprint density at radius 2 is 1.93 bits per heavy atom. The number of benzene rings is 1. The van der Waals surface area contributed by atoms with E-state index in [1.54, 1.807) is 25.1 Å². The fraction of sp³-hybridized carbons (Fsp3) is 0.391. The molecular weight excluding hydrogens is 380 g/mol. The van der Waals surface area contributed by atoms with Gasteiger partial charge in [-0.05, 0) is 36.6 Å². The molecule has 7 N–H and O–H groups in total. The second kappa shape index (κ2) is 12.3. The van der Waals surface area contributed by atoms with E-state index in [9.17, 15) is 10.4 Å². The summed E-state index contributed by atoms with van der Waals surface area (Å²) in [6, 6.07) is 7.30. The van der Waals surface area contributed by atoms with Crippen molar-refractivity contribution in [3.8, 4) is 17.9 Å². The minimum Gasteiger partial charge on any atom is -0.422 e. The van der Waals surface area contributed by atoms with Gasteiger partial charge in [-0.25, -0.2) is 0 Å². The molecule has 1 aromatic carbocycles. The number of rotatable bonds is 4. The van der Waals surface area contributed by atoms with Gasteiger partial charge in [0.1, 0.15) is 11.6 Å². The molecule has 0 spiro atoms. The van der Waals surface area contributed by atoms with E-state index in [4.69, 9.17) is 26.7 Å². The van der Waals surface area contributed by atoms with Crippen molar-refractivity contribution in [2.24, 2.45) is 11.5 Å². The minimum absolute atomic E-state index is 0.0698. The van der Waals surface area contributed by atoms with Crippen molar-refractivity contribution in [1.82, 2.24) is 0 Å². The second-order valence-electron chi connectivity index (χ2n) is 6.81. The van der Waals surface area contributed by atoms with E-state index in [0.717, 1.165) is 0 Å². The van der Waals surface area contributed by atoms with Crippen molar-refractivity contribution in [3.63, 3.8) is 0 Å². The average molecular weight is 411 g/mol. The van der Waals surface area contributed by atoms with Crippen molar-refractivity contribution in [1.29, 1.82) is 10.7 Å². The Hall–Kier alpha value is -3.26. The molecule has 1 heterocycles. The van der Waals surface area contributed by atoms with Gasteiger partial charge in [-0.2, -0.15) is 5.26 Å². The fourth-order valence-electron chi connectivity index (χ4n) is 2.88. The molecule has 1 aliphatic heterocycles. The number of nitriles is 1. The molecule has 1 aliphatic rings. The van der Waals surface area contributed by atoms with Crippen LogP contribution in [0.25, 0.3) is 0 Å². The summed E-state index contributed by atoms with van der Waals surface area (Å²) in [4.78, 5) is 0. The summed E-state index contributed by atoms with van der Waals surface area (Å²) >= 11 is 0. The van der Waals surface area contributed by atoms with Crippen molar-refractivity contribution in [2.75, 3.05) is 6.61 Å². The van der Waals surface area contributed by atoms with Crippen LogP contribution in [-0.2, 0) is 11.3 Å². The summed E-state index contributed by atoms with van der Waals surface area (Å²) in [6.45, 7) is 5.74. The minimum atomic E-state index is -0.675. The zero-order valence-electron chi connectivity index (χ0n) is 17.7. The molecule has 0 radical (unpaired) electrons. The van der Waals surface area contributed by atoms with Crippen molar-refractivity contribution in [2.45, 2.75) is 52.6 Å². The van der Waals surface area contributed by atoms with Crippen molar-refractivity contribution in [3.05, 3.63) is 57.6 Å². The maximum atomic E-state index is 9.61. The first kappa shape index (κ1) is 24.8. The van der Waals surface area contributed by atoms with E-state index in [2.05, 4.69) is 25.7 Å². The van der Waals surface area contributed by atoms with E-state index in [1.165, 1.54) is 6.42 Å². The van der Waals surface area contributed by atoms with E-state index in [1.807, 2.05) is 6.07 Å². The molecule has 0 amide bonds. The molecule has 7 heteroatoms. The van der Waals surface area contributed by atoms with Crippen LogP contribution in [0.15, 0.2) is 40.9 Å². The lowest BCUT2D eigenvalue weighted by atomic mass is 9.81. The third-order valence-corrected chi connectivity index (χ3v) is 4.07. The van der Waals surface area contributed by atoms with Gasteiger partial charge in [0, 0.05) is 29.9 Å². The molecule has 7 nitrogen and oxygen atoms in total. The number of nitrogens with two attached hydrogens (primary N) is 2. The van der Waals surface area contributed by atoms with Crippen LogP contribution in [0.3, 0.4) is 0 Å². The topological polar surface area (TPSA) is 149 Å². The maximum absolute atomic E-state index is 9.61. The number of ether oxygens (including phenoxy) is 1. The predicted octanol–water partition coefficient (Wildman–Crippen LogP) is 2.74. The summed E-state index contributed by atoms with van der Waals surface area (Å²) < 4.78 is 5.17. The molecule has 1 atom stereocenters. The van der Waals surface area contributed by atoms with Crippen molar-refractivity contribution < 1.29 is 14.9 Å². The molecule has 0 aromatic heterocycles. The summed E-state index contributed by atoms with van der Waals surface area (Å²) in [7, 11) is 0. The van der Waals surface area contributed by atoms with Gasteiger partial charge in [0.15, 0.2) is 0 Å². The van der Waals surface area contributed by atoms with Gasteiger partial charge in [0.2, 0.25) is 11.8 Å². The first-order chi connectivity index (χ1) is 14.3. The van der Waals surface area contributed by atoms with Crippen LogP contribution in [0.5, 0.6) is 0 Å². The Morgan fingerprint density at radius 3 is 2.47 bits per heavy atom. The van der Waals surface area contributed by atoms with Gasteiger partial charge in [-0.1, -0.05) is 38.2 Å². The van der Waals surface area contributed by atoms with Gasteiger partial charge in [0.25, 0.3) is 0 Å². The molecule has 2 rings (SSSR count). The summed E-state index contributed by atoms with van der Waals surface area (Å²) in [5.41, 5.74) is 14.5. The van der Waals surface area contributed by atoms with Crippen LogP contribution in [0.2, 0.25) is 0 Å². The number of hydrogen-bond acceptors (Lipinski definition) is 7. The molecule has 30 heavy (non-hydrogen) atoms. The highest BCUT2D eigenvalue weighted by Gasteiger charge is 2.34. The number of unbranched alkanes of at least 4 members (excludes halogenated alkanes) is 1. The highest BCUT2D eigenvalue weighted by Crippen LogP contribution is 2.38. The molecule has 0 saturated carbocycles. The van der Waals surface area contributed by atoms with Gasteiger partial charge in [0.05, 0.1) is 12.5 Å². The van der Waals surface area contributed by atoms with Crippen LogP contribution in [0.1, 0.15) is 62.6 Å².